The van der Waals surface area contributed by atoms with Crippen molar-refractivity contribution < 1.29 is 19.1 Å². The van der Waals surface area contributed by atoms with E-state index in [2.05, 4.69) is 10.5 Å². The van der Waals surface area contributed by atoms with Gasteiger partial charge in [0.1, 0.15) is 11.5 Å². The van der Waals surface area contributed by atoms with Crippen molar-refractivity contribution in [2.45, 2.75) is 0 Å². The number of esters is 1. The van der Waals surface area contributed by atoms with Crippen molar-refractivity contribution in [2.75, 3.05) is 6.61 Å². The zero-order valence-corrected chi connectivity index (χ0v) is 18.2. The maximum atomic E-state index is 12.2. The zero-order valence-electron chi connectivity index (χ0n) is 17.4. The lowest BCUT2D eigenvalue weighted by Crippen LogP contribution is -2.24. The number of carbonyl (C=O) groups excluding carboxylic acids is 2. The van der Waals surface area contributed by atoms with Crippen LogP contribution in [0.3, 0.4) is 0 Å². The Kier molecular flexibility index (Phi) is 6.97. The first-order chi connectivity index (χ1) is 16.1. The Hall–Kier alpha value is -4.16. The van der Waals surface area contributed by atoms with Gasteiger partial charge in [0.15, 0.2) is 6.61 Å². The first kappa shape index (κ1) is 22.0. The number of nitrogens with zero attached hydrogens (tertiary/aromatic N) is 1. The number of halogens is 1. The second-order valence-electron chi connectivity index (χ2n) is 7.03. The quantitative estimate of drug-likeness (QED) is 0.178. The summed E-state index contributed by atoms with van der Waals surface area (Å²) in [5, 5.41) is 6.39. The number of amides is 1. The Bertz CT molecular complexity index is 1320. The Morgan fingerprint density at radius 3 is 2.33 bits per heavy atom. The van der Waals surface area contributed by atoms with Gasteiger partial charge in [-0.25, -0.2) is 10.2 Å². The molecule has 4 rings (SSSR count). The van der Waals surface area contributed by atoms with E-state index in [1.54, 1.807) is 48.5 Å². The van der Waals surface area contributed by atoms with Crippen LogP contribution in [0.5, 0.6) is 11.5 Å². The molecule has 0 aromatic heterocycles. The van der Waals surface area contributed by atoms with E-state index in [9.17, 15) is 9.59 Å². The third kappa shape index (κ3) is 5.96. The molecule has 0 aliphatic rings. The summed E-state index contributed by atoms with van der Waals surface area (Å²) in [6, 6.07) is 26.9. The molecular weight excluding hydrogens is 440 g/mol. The number of benzene rings is 4. The van der Waals surface area contributed by atoms with Crippen LogP contribution in [0.25, 0.3) is 10.8 Å². The second-order valence-corrected chi connectivity index (χ2v) is 7.44. The van der Waals surface area contributed by atoms with Gasteiger partial charge in [0.2, 0.25) is 0 Å². The summed E-state index contributed by atoms with van der Waals surface area (Å²) in [6.45, 7) is -0.160. The molecule has 33 heavy (non-hydrogen) atoms. The maximum Gasteiger partial charge on any atom is 0.345 e. The molecule has 7 heteroatoms. The number of rotatable bonds is 7. The third-order valence-corrected chi connectivity index (χ3v) is 5.01. The predicted molar refractivity (Wildman–Crippen MR) is 128 cm³/mol. The van der Waals surface area contributed by atoms with Gasteiger partial charge in [-0.3, -0.25) is 4.79 Å². The number of fused-ring (bicyclic) bond motifs is 1. The van der Waals surface area contributed by atoms with E-state index in [0.717, 1.165) is 10.8 Å². The van der Waals surface area contributed by atoms with Crippen molar-refractivity contribution in [2.24, 2.45) is 5.10 Å². The van der Waals surface area contributed by atoms with E-state index in [4.69, 9.17) is 21.1 Å². The lowest BCUT2D eigenvalue weighted by Gasteiger charge is -2.06. The minimum absolute atomic E-state index is 0.160. The Morgan fingerprint density at radius 2 is 1.55 bits per heavy atom. The van der Waals surface area contributed by atoms with Crippen molar-refractivity contribution >= 4 is 40.5 Å². The largest absolute Gasteiger partial charge is 0.484 e. The minimum atomic E-state index is -0.541. The second kappa shape index (κ2) is 10.4. The van der Waals surface area contributed by atoms with Gasteiger partial charge in [0.25, 0.3) is 5.91 Å². The van der Waals surface area contributed by atoms with E-state index in [1.807, 2.05) is 42.5 Å². The summed E-state index contributed by atoms with van der Waals surface area (Å²) in [5.41, 5.74) is 3.42. The summed E-state index contributed by atoms with van der Waals surface area (Å²) >= 11 is 6.01. The van der Waals surface area contributed by atoms with Gasteiger partial charge in [-0.15, -0.1) is 0 Å². The van der Waals surface area contributed by atoms with Crippen LogP contribution in [-0.2, 0) is 4.79 Å². The monoisotopic (exact) mass is 458 g/mol. The highest BCUT2D eigenvalue weighted by atomic mass is 35.5. The van der Waals surface area contributed by atoms with Crippen LogP contribution in [0.15, 0.2) is 96.1 Å². The zero-order chi connectivity index (χ0) is 23.0. The molecule has 0 aliphatic heterocycles. The minimum Gasteiger partial charge on any atom is -0.484 e. The number of carbonyl (C=O) groups is 2. The van der Waals surface area contributed by atoms with Gasteiger partial charge in [0.05, 0.1) is 16.8 Å². The molecule has 164 valence electrons. The summed E-state index contributed by atoms with van der Waals surface area (Å²) < 4.78 is 10.9. The standard InChI is InChI=1S/C26H19ClN2O4/c27-24-8-4-3-7-23(24)26(31)33-21-12-9-18(10-13-21)16-28-29-25(30)17-32-22-14-11-19-5-1-2-6-20(19)15-22/h1-16H,17H2,(H,29,30). The average Bonchev–Trinajstić information content (AvgIpc) is 2.84. The van der Waals surface area contributed by atoms with Crippen LogP contribution in [0, 0.1) is 0 Å². The molecule has 0 unspecified atom stereocenters. The van der Waals surface area contributed by atoms with Crippen molar-refractivity contribution in [1.82, 2.24) is 5.43 Å². The van der Waals surface area contributed by atoms with Crippen LogP contribution in [0.2, 0.25) is 5.02 Å². The smallest absolute Gasteiger partial charge is 0.345 e. The lowest BCUT2D eigenvalue weighted by molar-refractivity contribution is -0.123. The first-order valence-corrected chi connectivity index (χ1v) is 10.5. The molecule has 6 nitrogen and oxygen atoms in total. The highest BCUT2D eigenvalue weighted by molar-refractivity contribution is 6.33. The molecule has 0 bridgehead atoms. The molecule has 1 N–H and O–H groups in total. The SMILES string of the molecule is O=C(COc1ccc2ccccc2c1)NN=Cc1ccc(OC(=O)c2ccccc2Cl)cc1. The first-order valence-electron chi connectivity index (χ1n) is 10.1. The van der Waals surface area contributed by atoms with Gasteiger partial charge < -0.3 is 9.47 Å². The summed E-state index contributed by atoms with van der Waals surface area (Å²) in [4.78, 5) is 24.2. The van der Waals surface area contributed by atoms with Crippen LogP contribution in [0.4, 0.5) is 0 Å². The van der Waals surface area contributed by atoms with Gasteiger partial charge >= 0.3 is 5.97 Å². The van der Waals surface area contributed by atoms with E-state index < -0.39 is 5.97 Å². The molecule has 0 saturated carbocycles. The lowest BCUT2D eigenvalue weighted by atomic mass is 10.1. The van der Waals surface area contributed by atoms with Gasteiger partial charge in [-0.05, 0) is 64.9 Å². The van der Waals surface area contributed by atoms with Crippen LogP contribution in [0.1, 0.15) is 15.9 Å². The fourth-order valence-corrected chi connectivity index (χ4v) is 3.24. The molecule has 0 spiro atoms. The van der Waals surface area contributed by atoms with E-state index in [1.165, 1.54) is 6.21 Å². The van der Waals surface area contributed by atoms with E-state index in [-0.39, 0.29) is 12.5 Å². The number of hydrazone groups is 1. The topological polar surface area (TPSA) is 77.0 Å². The summed E-state index contributed by atoms with van der Waals surface area (Å²) in [6.07, 6.45) is 1.48. The Labute approximate surface area is 195 Å². The highest BCUT2D eigenvalue weighted by Crippen LogP contribution is 2.21. The average molecular weight is 459 g/mol. The van der Waals surface area contributed by atoms with Gasteiger partial charge in [0, 0.05) is 0 Å². The fraction of sp³-hybridized carbons (Fsp3) is 0.0385. The summed E-state index contributed by atoms with van der Waals surface area (Å²) in [7, 11) is 0. The van der Waals surface area contributed by atoms with Crippen molar-refractivity contribution in [1.29, 1.82) is 0 Å². The number of hydrogen-bond donors (Lipinski definition) is 1. The molecule has 0 heterocycles. The van der Waals surface area contributed by atoms with Gasteiger partial charge in [-0.1, -0.05) is 54.1 Å². The molecule has 0 fully saturated rings. The molecule has 0 atom stereocenters. The molecule has 0 radical (unpaired) electrons. The van der Waals surface area contributed by atoms with Crippen LogP contribution < -0.4 is 14.9 Å². The molecule has 4 aromatic carbocycles. The van der Waals surface area contributed by atoms with Crippen molar-refractivity contribution in [3.8, 4) is 11.5 Å². The fourth-order valence-electron chi connectivity index (χ4n) is 3.03. The van der Waals surface area contributed by atoms with E-state index >= 15 is 0 Å². The molecule has 1 amide bonds. The maximum absolute atomic E-state index is 12.2. The highest BCUT2D eigenvalue weighted by Gasteiger charge is 2.12. The normalized spacial score (nSPS) is 10.8. The molecule has 0 aliphatic carbocycles. The van der Waals surface area contributed by atoms with Crippen molar-refractivity contribution in [3.05, 3.63) is 107 Å². The molecule has 0 saturated heterocycles. The Morgan fingerprint density at radius 1 is 0.848 bits per heavy atom. The number of ether oxygens (including phenoxy) is 2. The number of hydrogen-bond acceptors (Lipinski definition) is 5. The van der Waals surface area contributed by atoms with Crippen molar-refractivity contribution in [3.63, 3.8) is 0 Å². The molecular formula is C26H19ClN2O4. The Balaban J connectivity index is 1.26. The predicted octanol–water partition coefficient (Wildman–Crippen LogP) is 5.24. The van der Waals surface area contributed by atoms with E-state index in [0.29, 0.717) is 27.6 Å². The summed E-state index contributed by atoms with van der Waals surface area (Å²) in [5.74, 6) is 0.0463. The van der Waals surface area contributed by atoms with Gasteiger partial charge in [-0.2, -0.15) is 5.10 Å². The van der Waals surface area contributed by atoms with Crippen LogP contribution >= 0.6 is 11.6 Å². The third-order valence-electron chi connectivity index (χ3n) is 4.68. The van der Waals surface area contributed by atoms with Crippen LogP contribution in [-0.4, -0.2) is 24.7 Å². The number of nitrogens with one attached hydrogen (secondary N) is 1. The molecule has 4 aromatic rings.